The van der Waals surface area contributed by atoms with E-state index >= 15 is 0 Å². The molecule has 1 unspecified atom stereocenters. The van der Waals surface area contributed by atoms with E-state index in [1.54, 1.807) is 0 Å². The molecule has 6 heteroatoms. The molecule has 0 aliphatic carbocycles. The number of fused-ring (bicyclic) bond motifs is 1. The monoisotopic (exact) mass is 387 g/mol. The second-order valence-electron chi connectivity index (χ2n) is 7.44. The molecule has 4 rings (SSSR count). The number of aryl methyl sites for hydroxylation is 2. The molecule has 0 saturated carbocycles. The summed E-state index contributed by atoms with van der Waals surface area (Å²) < 4.78 is 0. The zero-order chi connectivity index (χ0) is 20.5. The van der Waals surface area contributed by atoms with Crippen molar-refractivity contribution in [1.82, 2.24) is 25.3 Å². The van der Waals surface area contributed by atoms with Crippen LogP contribution >= 0.6 is 0 Å². The average Bonchev–Trinajstić information content (AvgIpc) is 3.30. The van der Waals surface area contributed by atoms with E-state index in [0.717, 1.165) is 51.6 Å². The maximum Gasteiger partial charge on any atom is 0.251 e. The SMILES string of the molecule is CCC(C)NC(=O)c1ccc2nc(-c3ccccc3-c3nc(C)c(C)[nH]3)[nH]c2c1. The van der Waals surface area contributed by atoms with Crippen molar-refractivity contribution in [1.29, 1.82) is 0 Å². The van der Waals surface area contributed by atoms with E-state index in [-0.39, 0.29) is 11.9 Å². The number of rotatable bonds is 5. The van der Waals surface area contributed by atoms with Crippen LogP contribution in [0.1, 0.15) is 42.0 Å². The molecule has 148 valence electrons. The molecule has 0 spiro atoms. The Kier molecular flexibility index (Phi) is 4.92. The Morgan fingerprint density at radius 3 is 2.34 bits per heavy atom. The Labute approximate surface area is 169 Å². The highest BCUT2D eigenvalue weighted by atomic mass is 16.1. The molecular weight excluding hydrogens is 362 g/mol. The molecule has 0 saturated heterocycles. The summed E-state index contributed by atoms with van der Waals surface area (Å²) in [5.74, 6) is 1.51. The molecular formula is C23H25N5O. The largest absolute Gasteiger partial charge is 0.350 e. The zero-order valence-electron chi connectivity index (χ0n) is 17.1. The van der Waals surface area contributed by atoms with Gasteiger partial charge in [0.15, 0.2) is 0 Å². The molecule has 1 atom stereocenters. The first-order valence-corrected chi connectivity index (χ1v) is 9.90. The predicted molar refractivity (Wildman–Crippen MR) is 116 cm³/mol. The fourth-order valence-corrected chi connectivity index (χ4v) is 3.26. The van der Waals surface area contributed by atoms with Crippen molar-refractivity contribution < 1.29 is 4.79 Å². The van der Waals surface area contributed by atoms with Crippen molar-refractivity contribution >= 4 is 16.9 Å². The molecule has 0 radical (unpaired) electrons. The van der Waals surface area contributed by atoms with Gasteiger partial charge in [0.05, 0.1) is 16.7 Å². The highest BCUT2D eigenvalue weighted by molar-refractivity contribution is 5.98. The summed E-state index contributed by atoms with van der Waals surface area (Å²) in [5, 5.41) is 3.00. The summed E-state index contributed by atoms with van der Waals surface area (Å²) in [6, 6.07) is 13.7. The number of carbonyl (C=O) groups excluding carboxylic acids is 1. The molecule has 2 heterocycles. The van der Waals surface area contributed by atoms with Crippen molar-refractivity contribution in [2.45, 2.75) is 40.2 Å². The fourth-order valence-electron chi connectivity index (χ4n) is 3.26. The van der Waals surface area contributed by atoms with Crippen LogP contribution in [0.4, 0.5) is 0 Å². The number of hydrogen-bond donors (Lipinski definition) is 3. The minimum atomic E-state index is -0.0701. The van der Waals surface area contributed by atoms with Gasteiger partial charge in [-0.1, -0.05) is 31.2 Å². The van der Waals surface area contributed by atoms with Crippen molar-refractivity contribution in [3.8, 4) is 22.8 Å². The molecule has 3 N–H and O–H groups in total. The van der Waals surface area contributed by atoms with E-state index in [1.807, 2.05) is 63.2 Å². The summed E-state index contributed by atoms with van der Waals surface area (Å²) in [6.07, 6.45) is 0.894. The van der Waals surface area contributed by atoms with Gasteiger partial charge in [0.2, 0.25) is 0 Å². The first-order valence-electron chi connectivity index (χ1n) is 9.90. The predicted octanol–water partition coefficient (Wildman–Crippen LogP) is 4.77. The van der Waals surface area contributed by atoms with Crippen molar-refractivity contribution in [2.75, 3.05) is 0 Å². The standard InChI is InChI=1S/C23H25N5O/c1-5-13(2)24-23(29)16-10-11-19-20(12-16)28-22(27-19)18-9-7-6-8-17(18)21-25-14(3)15(4)26-21/h6-13H,5H2,1-4H3,(H,24,29)(H,25,26)(H,27,28). The number of nitrogens with one attached hydrogen (secondary N) is 3. The molecule has 0 aliphatic heterocycles. The smallest absolute Gasteiger partial charge is 0.251 e. The topological polar surface area (TPSA) is 86.5 Å². The summed E-state index contributed by atoms with van der Waals surface area (Å²) in [6.45, 7) is 8.06. The van der Waals surface area contributed by atoms with E-state index in [9.17, 15) is 4.79 Å². The molecule has 2 aromatic heterocycles. The summed E-state index contributed by atoms with van der Waals surface area (Å²) >= 11 is 0. The number of aromatic nitrogens is 4. The Hall–Kier alpha value is -3.41. The lowest BCUT2D eigenvalue weighted by Gasteiger charge is -2.11. The second kappa shape index (κ2) is 7.54. The third-order valence-corrected chi connectivity index (χ3v) is 5.30. The van der Waals surface area contributed by atoms with Crippen LogP contribution in [-0.2, 0) is 0 Å². The van der Waals surface area contributed by atoms with Gasteiger partial charge < -0.3 is 15.3 Å². The Bertz CT molecular complexity index is 1170. The molecule has 2 aromatic carbocycles. The van der Waals surface area contributed by atoms with Gasteiger partial charge in [-0.25, -0.2) is 9.97 Å². The van der Waals surface area contributed by atoms with E-state index in [1.165, 1.54) is 0 Å². The maximum absolute atomic E-state index is 12.4. The minimum absolute atomic E-state index is 0.0701. The van der Waals surface area contributed by atoms with Gasteiger partial charge >= 0.3 is 0 Å². The van der Waals surface area contributed by atoms with Gasteiger partial charge in [0, 0.05) is 28.4 Å². The number of amides is 1. The third kappa shape index (κ3) is 3.66. The summed E-state index contributed by atoms with van der Waals surface area (Å²) in [7, 11) is 0. The lowest BCUT2D eigenvalue weighted by molar-refractivity contribution is 0.0939. The average molecular weight is 387 g/mol. The van der Waals surface area contributed by atoms with Crippen molar-refractivity contribution in [3.05, 3.63) is 59.4 Å². The highest BCUT2D eigenvalue weighted by Gasteiger charge is 2.15. The van der Waals surface area contributed by atoms with E-state index < -0.39 is 0 Å². The maximum atomic E-state index is 12.4. The molecule has 0 fully saturated rings. The molecule has 4 aromatic rings. The lowest BCUT2D eigenvalue weighted by Crippen LogP contribution is -2.31. The first kappa shape index (κ1) is 18.9. The van der Waals surface area contributed by atoms with Gasteiger partial charge in [0.1, 0.15) is 11.6 Å². The highest BCUT2D eigenvalue weighted by Crippen LogP contribution is 2.30. The number of hydrogen-bond acceptors (Lipinski definition) is 3. The van der Waals surface area contributed by atoms with Gasteiger partial charge in [0.25, 0.3) is 5.91 Å². The van der Waals surface area contributed by atoms with E-state index in [4.69, 9.17) is 4.98 Å². The fraction of sp³-hybridized carbons (Fsp3) is 0.261. The summed E-state index contributed by atoms with van der Waals surface area (Å²) in [4.78, 5) is 28.6. The van der Waals surface area contributed by atoms with Gasteiger partial charge in [-0.15, -0.1) is 0 Å². The van der Waals surface area contributed by atoms with Crippen LogP contribution in [0, 0.1) is 13.8 Å². The number of nitrogens with zero attached hydrogens (tertiary/aromatic N) is 2. The van der Waals surface area contributed by atoms with E-state index in [0.29, 0.717) is 5.56 Å². The quantitative estimate of drug-likeness (QED) is 0.461. The van der Waals surface area contributed by atoms with Crippen LogP contribution in [-0.4, -0.2) is 31.9 Å². The van der Waals surface area contributed by atoms with Crippen LogP contribution < -0.4 is 5.32 Å². The number of aromatic amines is 2. The Balaban J connectivity index is 1.73. The van der Waals surface area contributed by atoms with Crippen molar-refractivity contribution in [3.63, 3.8) is 0 Å². The normalized spacial score (nSPS) is 12.3. The van der Waals surface area contributed by atoms with Crippen LogP contribution in [0.25, 0.3) is 33.8 Å². The van der Waals surface area contributed by atoms with Gasteiger partial charge in [-0.2, -0.15) is 0 Å². The molecule has 0 bridgehead atoms. The Morgan fingerprint density at radius 2 is 1.72 bits per heavy atom. The molecule has 0 aliphatic rings. The number of H-pyrrole nitrogens is 2. The first-order chi connectivity index (χ1) is 14.0. The van der Waals surface area contributed by atoms with Crippen LogP contribution in [0.2, 0.25) is 0 Å². The minimum Gasteiger partial charge on any atom is -0.350 e. The Morgan fingerprint density at radius 1 is 1.03 bits per heavy atom. The molecule has 1 amide bonds. The molecule has 29 heavy (non-hydrogen) atoms. The number of imidazole rings is 2. The van der Waals surface area contributed by atoms with Crippen molar-refractivity contribution in [2.24, 2.45) is 0 Å². The van der Waals surface area contributed by atoms with Crippen LogP contribution in [0.5, 0.6) is 0 Å². The molecule has 6 nitrogen and oxygen atoms in total. The zero-order valence-corrected chi connectivity index (χ0v) is 17.1. The number of carbonyl (C=O) groups is 1. The third-order valence-electron chi connectivity index (χ3n) is 5.30. The number of benzene rings is 2. The summed E-state index contributed by atoms with van der Waals surface area (Å²) in [5.41, 5.74) is 6.26. The van der Waals surface area contributed by atoms with E-state index in [2.05, 4.69) is 27.2 Å². The second-order valence-corrected chi connectivity index (χ2v) is 7.44. The van der Waals surface area contributed by atoms with Gasteiger partial charge in [-0.05, 0) is 45.4 Å². The lowest BCUT2D eigenvalue weighted by atomic mass is 10.1. The van der Waals surface area contributed by atoms with Crippen LogP contribution in [0.15, 0.2) is 42.5 Å². The van der Waals surface area contributed by atoms with Gasteiger partial charge in [-0.3, -0.25) is 4.79 Å². The van der Waals surface area contributed by atoms with Crippen LogP contribution in [0.3, 0.4) is 0 Å².